The van der Waals surface area contributed by atoms with E-state index < -0.39 is 0 Å². The molecule has 0 bridgehead atoms. The van der Waals surface area contributed by atoms with Crippen molar-refractivity contribution in [2.45, 2.75) is 25.7 Å². The highest BCUT2D eigenvalue weighted by atomic mass is 16.1. The third-order valence-corrected chi connectivity index (χ3v) is 3.30. The van der Waals surface area contributed by atoms with Gasteiger partial charge in [-0.25, -0.2) is 4.79 Å². The van der Waals surface area contributed by atoms with Crippen LogP contribution >= 0.6 is 0 Å². The summed E-state index contributed by atoms with van der Waals surface area (Å²) < 4.78 is 0. The van der Waals surface area contributed by atoms with Crippen molar-refractivity contribution in [2.24, 2.45) is 4.99 Å². The van der Waals surface area contributed by atoms with Gasteiger partial charge in [0.2, 0.25) is 6.08 Å². The molecule has 0 aromatic heterocycles. The number of nitrogens with zero attached hydrogens (tertiary/aromatic N) is 1. The number of isocyanates is 1. The van der Waals surface area contributed by atoms with Gasteiger partial charge < -0.3 is 0 Å². The van der Waals surface area contributed by atoms with Crippen molar-refractivity contribution in [3.63, 3.8) is 0 Å². The van der Waals surface area contributed by atoms with Crippen LogP contribution in [0.25, 0.3) is 6.08 Å². The Hall–Kier alpha value is -1.66. The Kier molecular flexibility index (Phi) is 1.83. The molecule has 74 valence electrons. The number of aliphatic imine (C=N–C) groups is 1. The summed E-state index contributed by atoms with van der Waals surface area (Å²) in [7, 11) is 0. The van der Waals surface area contributed by atoms with Crippen molar-refractivity contribution in [3.8, 4) is 0 Å². The van der Waals surface area contributed by atoms with Gasteiger partial charge in [-0.15, -0.1) is 0 Å². The van der Waals surface area contributed by atoms with E-state index in [4.69, 9.17) is 0 Å². The van der Waals surface area contributed by atoms with Crippen molar-refractivity contribution in [3.05, 3.63) is 34.4 Å². The van der Waals surface area contributed by atoms with Gasteiger partial charge in [0.25, 0.3) is 0 Å². The first-order valence-electron chi connectivity index (χ1n) is 5.32. The molecule has 0 unspecified atom stereocenters. The Morgan fingerprint density at radius 1 is 1.27 bits per heavy atom. The molecule has 1 aromatic carbocycles. The molecule has 0 fully saturated rings. The highest BCUT2D eigenvalue weighted by Crippen LogP contribution is 2.38. The maximum atomic E-state index is 10.4. The van der Waals surface area contributed by atoms with Crippen LogP contribution in [0.4, 0.5) is 5.69 Å². The van der Waals surface area contributed by atoms with Crippen LogP contribution in [0.5, 0.6) is 0 Å². The molecule has 0 aliphatic heterocycles. The molecule has 2 nitrogen and oxygen atoms in total. The zero-order chi connectivity index (χ0) is 10.3. The topological polar surface area (TPSA) is 29.4 Å². The monoisotopic (exact) mass is 197 g/mol. The van der Waals surface area contributed by atoms with E-state index in [-0.39, 0.29) is 0 Å². The molecular weight excluding hydrogens is 186 g/mol. The molecule has 0 radical (unpaired) electrons. The lowest BCUT2D eigenvalue weighted by Gasteiger charge is -2.08. The Balaban J connectivity index is 2.29. The summed E-state index contributed by atoms with van der Waals surface area (Å²) in [6.07, 6.45) is 10.4. The number of hydrogen-bond acceptors (Lipinski definition) is 2. The molecule has 0 saturated heterocycles. The Labute approximate surface area is 88.3 Å². The Morgan fingerprint density at radius 2 is 2.13 bits per heavy atom. The Bertz CT molecular complexity index is 508. The average Bonchev–Trinajstić information content (AvgIpc) is 2.84. The summed E-state index contributed by atoms with van der Waals surface area (Å²) in [5.41, 5.74) is 6.22. The third-order valence-electron chi connectivity index (χ3n) is 3.30. The van der Waals surface area contributed by atoms with Crippen LogP contribution in [0, 0.1) is 0 Å². The van der Waals surface area contributed by atoms with Crippen molar-refractivity contribution < 1.29 is 4.79 Å². The fourth-order valence-electron chi connectivity index (χ4n) is 2.68. The van der Waals surface area contributed by atoms with E-state index >= 15 is 0 Å². The largest absolute Gasteiger partial charge is 0.240 e. The quantitative estimate of drug-likeness (QED) is 0.502. The van der Waals surface area contributed by atoms with Gasteiger partial charge in [0.15, 0.2) is 0 Å². The molecule has 0 atom stereocenters. The van der Waals surface area contributed by atoms with Crippen LogP contribution in [0.1, 0.15) is 28.7 Å². The number of fused-ring (bicyclic) bond motifs is 3. The summed E-state index contributed by atoms with van der Waals surface area (Å²) in [5, 5.41) is 0. The summed E-state index contributed by atoms with van der Waals surface area (Å²) in [4.78, 5) is 14.2. The first kappa shape index (κ1) is 8.63. The van der Waals surface area contributed by atoms with Crippen LogP contribution in [0.15, 0.2) is 17.1 Å². The predicted molar refractivity (Wildman–Crippen MR) is 59.0 cm³/mol. The molecule has 0 spiro atoms. The molecule has 1 aromatic rings. The lowest BCUT2D eigenvalue weighted by molar-refractivity contribution is 0.565. The molecule has 2 heteroatoms. The van der Waals surface area contributed by atoms with E-state index in [1.165, 1.54) is 28.7 Å². The van der Waals surface area contributed by atoms with Crippen molar-refractivity contribution >= 4 is 17.8 Å². The van der Waals surface area contributed by atoms with E-state index in [1.807, 2.05) is 6.07 Å². The van der Waals surface area contributed by atoms with Gasteiger partial charge in [0.05, 0.1) is 5.69 Å². The van der Waals surface area contributed by atoms with Crippen molar-refractivity contribution in [2.75, 3.05) is 0 Å². The van der Waals surface area contributed by atoms with E-state index in [2.05, 4.69) is 17.1 Å². The van der Waals surface area contributed by atoms with Crippen molar-refractivity contribution in [1.82, 2.24) is 0 Å². The second-order valence-corrected chi connectivity index (χ2v) is 4.09. The van der Waals surface area contributed by atoms with Gasteiger partial charge in [-0.3, -0.25) is 0 Å². The predicted octanol–water partition coefficient (Wildman–Crippen LogP) is 2.71. The molecule has 15 heavy (non-hydrogen) atoms. The molecule has 0 saturated carbocycles. The molecular formula is C13H11NO. The molecule has 2 aliphatic carbocycles. The minimum Gasteiger partial charge on any atom is -0.211 e. The maximum absolute atomic E-state index is 10.4. The first-order chi connectivity index (χ1) is 7.40. The number of hydrogen-bond donors (Lipinski definition) is 0. The minimum atomic E-state index is 0.847. The van der Waals surface area contributed by atoms with Crippen LogP contribution in [-0.4, -0.2) is 6.08 Å². The van der Waals surface area contributed by atoms with Crippen LogP contribution in [-0.2, 0) is 24.1 Å². The van der Waals surface area contributed by atoms with Crippen LogP contribution < -0.4 is 0 Å². The van der Waals surface area contributed by atoms with Gasteiger partial charge in [0, 0.05) is 0 Å². The van der Waals surface area contributed by atoms with E-state index in [1.54, 1.807) is 6.08 Å². The Morgan fingerprint density at radius 3 is 3.00 bits per heavy atom. The second-order valence-electron chi connectivity index (χ2n) is 4.09. The van der Waals surface area contributed by atoms with Gasteiger partial charge >= 0.3 is 0 Å². The maximum Gasteiger partial charge on any atom is 0.240 e. The zero-order valence-corrected chi connectivity index (χ0v) is 8.42. The highest BCUT2D eigenvalue weighted by molar-refractivity contribution is 5.72. The summed E-state index contributed by atoms with van der Waals surface area (Å²) >= 11 is 0. The van der Waals surface area contributed by atoms with Crippen molar-refractivity contribution in [1.29, 1.82) is 0 Å². The second kappa shape index (κ2) is 3.18. The lowest BCUT2D eigenvalue weighted by atomic mass is 9.98. The molecule has 2 aliphatic rings. The summed E-state index contributed by atoms with van der Waals surface area (Å²) in [6.45, 7) is 0. The molecule has 0 N–H and O–H groups in total. The number of carbonyl (C=O) groups excluding carboxylic acids is 1. The molecule has 0 heterocycles. The normalized spacial score (nSPS) is 16.0. The van der Waals surface area contributed by atoms with Crippen LogP contribution in [0.2, 0.25) is 0 Å². The van der Waals surface area contributed by atoms with E-state index in [0.717, 1.165) is 24.9 Å². The van der Waals surface area contributed by atoms with E-state index in [0.29, 0.717) is 0 Å². The average molecular weight is 197 g/mol. The number of benzene rings is 1. The van der Waals surface area contributed by atoms with Gasteiger partial charge in [0.1, 0.15) is 0 Å². The van der Waals surface area contributed by atoms with E-state index in [9.17, 15) is 4.79 Å². The smallest absolute Gasteiger partial charge is 0.211 e. The van der Waals surface area contributed by atoms with Gasteiger partial charge in [-0.2, -0.15) is 4.99 Å². The fraction of sp³-hybridized carbons (Fsp3) is 0.308. The first-order valence-corrected chi connectivity index (χ1v) is 5.32. The standard InChI is InChI=1S/C13H11NO/c15-8-14-13-7-9-3-1-4-10(9)11-5-2-6-12(11)13/h1,4,7H,2-3,5-6H2. The molecule has 3 rings (SSSR count). The van der Waals surface area contributed by atoms with Gasteiger partial charge in [-0.1, -0.05) is 12.2 Å². The highest BCUT2D eigenvalue weighted by Gasteiger charge is 2.21. The molecule has 0 amide bonds. The number of rotatable bonds is 1. The number of allylic oxidation sites excluding steroid dienone is 1. The SMILES string of the molecule is O=C=Nc1cc2c(c3c1CCC3)C=CC2. The van der Waals surface area contributed by atoms with Gasteiger partial charge in [-0.05, 0) is 54.0 Å². The fourth-order valence-corrected chi connectivity index (χ4v) is 2.68. The summed E-state index contributed by atoms with van der Waals surface area (Å²) in [5.74, 6) is 0. The lowest BCUT2D eigenvalue weighted by Crippen LogP contribution is -1.92. The minimum absolute atomic E-state index is 0.847. The zero-order valence-electron chi connectivity index (χ0n) is 8.42. The van der Waals surface area contributed by atoms with Crippen LogP contribution in [0.3, 0.4) is 0 Å². The third kappa shape index (κ3) is 1.19. The summed E-state index contributed by atoms with van der Waals surface area (Å²) in [6, 6.07) is 2.05.